The van der Waals surface area contributed by atoms with Gasteiger partial charge in [-0.05, 0) is 25.7 Å². The highest BCUT2D eigenvalue weighted by atomic mass is 15.0. The van der Waals surface area contributed by atoms with E-state index in [-0.39, 0.29) is 0 Å². The fourth-order valence-electron chi connectivity index (χ4n) is 1.11. The molecule has 0 saturated heterocycles. The van der Waals surface area contributed by atoms with Crippen LogP contribution < -0.4 is 0 Å². The second-order valence-electron chi connectivity index (χ2n) is 2.53. The Morgan fingerprint density at radius 3 is 2.73 bits per heavy atom. The standard InChI is InChI=1S/C9H9N2/c1-2-4-9(3-1)7-11-6-5-10-8-11/h1-6,8H,7H2. The first kappa shape index (κ1) is 6.89. The lowest BCUT2D eigenvalue weighted by molar-refractivity contribution is 0.742. The van der Waals surface area contributed by atoms with Crippen LogP contribution in [0.25, 0.3) is 0 Å². The maximum atomic E-state index is 3.97. The van der Waals surface area contributed by atoms with Crippen LogP contribution >= 0.6 is 0 Å². The third-order valence-corrected chi connectivity index (χ3v) is 1.66. The fraction of sp³-hybridized carbons (Fsp3) is 0.111. The van der Waals surface area contributed by atoms with Gasteiger partial charge in [0.2, 0.25) is 0 Å². The molecule has 0 unspecified atom stereocenters. The summed E-state index contributed by atoms with van der Waals surface area (Å²) in [6.45, 7) is 0.924. The quantitative estimate of drug-likeness (QED) is 0.613. The van der Waals surface area contributed by atoms with E-state index in [0.717, 1.165) is 6.54 Å². The molecule has 1 fully saturated rings. The number of hydrogen-bond donors (Lipinski definition) is 0. The summed E-state index contributed by atoms with van der Waals surface area (Å²) in [5.74, 6) is 1.32. The van der Waals surface area contributed by atoms with Crippen LogP contribution in [-0.4, -0.2) is 9.55 Å². The van der Waals surface area contributed by atoms with Gasteiger partial charge in [-0.15, -0.1) is 0 Å². The van der Waals surface area contributed by atoms with Crippen LogP contribution in [0, 0.1) is 31.6 Å². The van der Waals surface area contributed by atoms with E-state index in [1.807, 2.05) is 25.4 Å². The molecule has 0 bridgehead atoms. The zero-order valence-corrected chi connectivity index (χ0v) is 6.14. The van der Waals surface area contributed by atoms with E-state index in [0.29, 0.717) is 0 Å². The normalized spacial score (nSPS) is 19.3. The molecule has 1 saturated carbocycles. The smallest absolute Gasteiger partial charge is 0.0946 e. The summed E-state index contributed by atoms with van der Waals surface area (Å²) in [7, 11) is 0. The molecule has 2 nitrogen and oxygen atoms in total. The molecule has 11 heavy (non-hydrogen) atoms. The Balaban J connectivity index is 1.90. The third kappa shape index (κ3) is 1.62. The van der Waals surface area contributed by atoms with Crippen LogP contribution in [0.1, 0.15) is 0 Å². The van der Waals surface area contributed by atoms with Crippen molar-refractivity contribution in [3.63, 3.8) is 0 Å². The number of imidazole rings is 1. The fourth-order valence-corrected chi connectivity index (χ4v) is 1.11. The SMILES string of the molecule is [CH]1[CH][CH][C](Cn2ccnc2)[CH]1. The lowest BCUT2D eigenvalue weighted by Gasteiger charge is -2.06. The summed E-state index contributed by atoms with van der Waals surface area (Å²) in [6.07, 6.45) is 13.9. The Labute approximate surface area is 67.3 Å². The van der Waals surface area contributed by atoms with Gasteiger partial charge < -0.3 is 4.57 Å². The Bertz CT molecular complexity index is 197. The van der Waals surface area contributed by atoms with Crippen LogP contribution in [0.2, 0.25) is 0 Å². The molecule has 2 heteroatoms. The van der Waals surface area contributed by atoms with Crippen LogP contribution in [0.5, 0.6) is 0 Å². The van der Waals surface area contributed by atoms with E-state index in [4.69, 9.17) is 0 Å². The van der Waals surface area contributed by atoms with Crippen molar-refractivity contribution in [2.75, 3.05) is 0 Å². The first-order chi connectivity index (χ1) is 5.45. The van der Waals surface area contributed by atoms with Gasteiger partial charge in [0.05, 0.1) is 6.33 Å². The average Bonchev–Trinajstić information content (AvgIpc) is 2.60. The van der Waals surface area contributed by atoms with Crippen molar-refractivity contribution in [2.24, 2.45) is 0 Å². The average molecular weight is 145 g/mol. The predicted octanol–water partition coefficient (Wildman–Crippen LogP) is 1.29. The molecule has 1 heterocycles. The second-order valence-corrected chi connectivity index (χ2v) is 2.53. The number of hydrogen-bond acceptors (Lipinski definition) is 1. The minimum absolute atomic E-state index is 0.924. The highest BCUT2D eigenvalue weighted by Gasteiger charge is 2.16. The summed E-state index contributed by atoms with van der Waals surface area (Å²) in [4.78, 5) is 3.97. The van der Waals surface area contributed by atoms with E-state index < -0.39 is 0 Å². The zero-order valence-electron chi connectivity index (χ0n) is 6.14. The number of aromatic nitrogens is 2. The third-order valence-electron chi connectivity index (χ3n) is 1.66. The zero-order chi connectivity index (χ0) is 7.52. The van der Waals surface area contributed by atoms with Crippen molar-refractivity contribution >= 4 is 0 Å². The van der Waals surface area contributed by atoms with E-state index in [1.54, 1.807) is 6.20 Å². The first-order valence-electron chi connectivity index (χ1n) is 3.61. The van der Waals surface area contributed by atoms with Crippen LogP contribution in [0.4, 0.5) is 0 Å². The van der Waals surface area contributed by atoms with Crippen molar-refractivity contribution in [3.05, 3.63) is 50.3 Å². The molecule has 0 atom stereocenters. The Morgan fingerprint density at radius 2 is 2.09 bits per heavy atom. The number of nitrogens with zero attached hydrogens (tertiary/aromatic N) is 2. The predicted molar refractivity (Wildman–Crippen MR) is 42.7 cm³/mol. The summed E-state index contributed by atoms with van der Waals surface area (Å²) in [6, 6.07) is 0. The molecule has 0 amide bonds. The van der Waals surface area contributed by atoms with Crippen molar-refractivity contribution in [3.8, 4) is 0 Å². The summed E-state index contributed by atoms with van der Waals surface area (Å²) in [5.41, 5.74) is 0. The van der Waals surface area contributed by atoms with Gasteiger partial charge in [0.1, 0.15) is 0 Å². The maximum Gasteiger partial charge on any atom is 0.0946 e. The summed E-state index contributed by atoms with van der Waals surface area (Å²) >= 11 is 0. The van der Waals surface area contributed by atoms with Crippen molar-refractivity contribution < 1.29 is 0 Å². The van der Waals surface area contributed by atoms with E-state index in [9.17, 15) is 0 Å². The Kier molecular flexibility index (Phi) is 1.93. The maximum absolute atomic E-state index is 3.97. The molecule has 0 aliphatic heterocycles. The van der Waals surface area contributed by atoms with Gasteiger partial charge in [-0.3, -0.25) is 0 Å². The van der Waals surface area contributed by atoms with Gasteiger partial charge >= 0.3 is 0 Å². The van der Waals surface area contributed by atoms with Crippen molar-refractivity contribution in [2.45, 2.75) is 6.54 Å². The minimum atomic E-state index is 0.924. The molecule has 1 aromatic heterocycles. The molecule has 1 aliphatic rings. The largest absolute Gasteiger partial charge is 0.337 e. The van der Waals surface area contributed by atoms with Gasteiger partial charge in [-0.2, -0.15) is 0 Å². The summed E-state index contributed by atoms with van der Waals surface area (Å²) in [5, 5.41) is 0. The molecule has 0 spiro atoms. The highest BCUT2D eigenvalue weighted by molar-refractivity contribution is 5.34. The molecule has 55 valence electrons. The molecule has 1 aliphatic carbocycles. The molecule has 0 N–H and O–H groups in total. The van der Waals surface area contributed by atoms with Gasteiger partial charge in [0.15, 0.2) is 0 Å². The van der Waals surface area contributed by atoms with Crippen molar-refractivity contribution in [1.29, 1.82) is 0 Å². The molecular formula is C9H9N2. The Hall–Kier alpha value is -0.790. The second kappa shape index (κ2) is 3.07. The van der Waals surface area contributed by atoms with Crippen LogP contribution in [0.3, 0.4) is 0 Å². The van der Waals surface area contributed by atoms with Crippen molar-refractivity contribution in [1.82, 2.24) is 9.55 Å². The van der Waals surface area contributed by atoms with Crippen LogP contribution in [0.15, 0.2) is 18.7 Å². The Morgan fingerprint density at radius 1 is 1.27 bits per heavy atom. The van der Waals surface area contributed by atoms with E-state index >= 15 is 0 Å². The topological polar surface area (TPSA) is 17.8 Å². The van der Waals surface area contributed by atoms with Gasteiger partial charge in [-0.1, -0.05) is 0 Å². The van der Waals surface area contributed by atoms with Crippen LogP contribution in [-0.2, 0) is 6.54 Å². The van der Waals surface area contributed by atoms with E-state index in [1.165, 1.54) is 5.92 Å². The minimum Gasteiger partial charge on any atom is -0.337 e. The molecular weight excluding hydrogens is 136 g/mol. The summed E-state index contributed by atoms with van der Waals surface area (Å²) < 4.78 is 2.05. The lowest BCUT2D eigenvalue weighted by Crippen LogP contribution is -2.03. The van der Waals surface area contributed by atoms with Gasteiger partial charge in [0, 0.05) is 24.9 Å². The monoisotopic (exact) mass is 145 g/mol. The molecule has 1 aromatic rings. The molecule has 5 radical (unpaired) electrons. The highest BCUT2D eigenvalue weighted by Crippen LogP contribution is 2.24. The lowest BCUT2D eigenvalue weighted by atomic mass is 10.1. The van der Waals surface area contributed by atoms with Gasteiger partial charge in [-0.25, -0.2) is 4.98 Å². The number of rotatable bonds is 2. The first-order valence-corrected chi connectivity index (χ1v) is 3.61. The van der Waals surface area contributed by atoms with Gasteiger partial charge in [0.25, 0.3) is 0 Å². The van der Waals surface area contributed by atoms with E-state index in [2.05, 4.69) is 22.4 Å². The molecule has 0 aromatic carbocycles. The molecule has 2 rings (SSSR count).